The van der Waals surface area contributed by atoms with Gasteiger partial charge in [0.15, 0.2) is 0 Å². The normalized spacial score (nSPS) is 18.2. The van der Waals surface area contributed by atoms with Gasteiger partial charge >= 0.3 is 0 Å². The number of aromatic nitrogens is 1. The van der Waals surface area contributed by atoms with Crippen LogP contribution in [0.5, 0.6) is 5.75 Å². The zero-order valence-electron chi connectivity index (χ0n) is 16.6. The molecule has 1 amide bonds. The van der Waals surface area contributed by atoms with E-state index in [0.717, 1.165) is 60.7 Å². The average Bonchev–Trinajstić information content (AvgIpc) is 2.72. The van der Waals surface area contributed by atoms with E-state index in [1.807, 2.05) is 37.5 Å². The summed E-state index contributed by atoms with van der Waals surface area (Å²) in [6.45, 7) is 4.35. The van der Waals surface area contributed by atoms with Gasteiger partial charge in [-0.1, -0.05) is 24.9 Å². The number of carbonyl (C=O) groups is 1. The summed E-state index contributed by atoms with van der Waals surface area (Å²) in [5.74, 6) is 2.15. The molecular formula is C22H27N3O2S. The number of pyridine rings is 1. The van der Waals surface area contributed by atoms with Crippen LogP contribution in [0, 0.1) is 0 Å². The molecule has 5 nitrogen and oxygen atoms in total. The molecule has 0 saturated carbocycles. The summed E-state index contributed by atoms with van der Waals surface area (Å²) in [5, 5.41) is 0. The fourth-order valence-electron chi connectivity index (χ4n) is 3.93. The van der Waals surface area contributed by atoms with Crippen LogP contribution in [0.25, 0.3) is 11.1 Å². The highest BCUT2D eigenvalue weighted by atomic mass is 32.2. The van der Waals surface area contributed by atoms with Crippen molar-refractivity contribution in [3.8, 4) is 16.9 Å². The molecule has 2 aliphatic heterocycles. The molecular weight excluding hydrogens is 370 g/mol. The molecule has 2 aromatic rings. The monoisotopic (exact) mass is 397 g/mol. The Morgan fingerprint density at radius 2 is 1.96 bits per heavy atom. The molecule has 4 rings (SSSR count). The lowest BCUT2D eigenvalue weighted by Gasteiger charge is -2.31. The van der Waals surface area contributed by atoms with Crippen LogP contribution in [0.2, 0.25) is 0 Å². The van der Waals surface area contributed by atoms with Crippen molar-refractivity contribution >= 4 is 23.5 Å². The maximum Gasteiger partial charge on any atom is 0.227 e. The molecule has 0 spiro atoms. The largest absolute Gasteiger partial charge is 0.489 e. The summed E-state index contributed by atoms with van der Waals surface area (Å²) in [5.41, 5.74) is 4.40. The Morgan fingerprint density at radius 3 is 2.75 bits per heavy atom. The fraction of sp³-hybridized carbons (Fsp3) is 0.455. The van der Waals surface area contributed by atoms with Crippen molar-refractivity contribution in [2.24, 2.45) is 0 Å². The number of hydrogen-bond donors (Lipinski definition) is 0. The van der Waals surface area contributed by atoms with Crippen LogP contribution in [-0.2, 0) is 11.2 Å². The van der Waals surface area contributed by atoms with Gasteiger partial charge in [-0.05, 0) is 48.6 Å². The quantitative estimate of drug-likeness (QED) is 0.709. The van der Waals surface area contributed by atoms with Crippen LogP contribution in [0.3, 0.4) is 0 Å². The second-order valence-corrected chi connectivity index (χ2v) is 8.72. The zero-order valence-corrected chi connectivity index (χ0v) is 17.4. The molecule has 148 valence electrons. The Hall–Kier alpha value is -2.05. The first-order chi connectivity index (χ1) is 13.6. The summed E-state index contributed by atoms with van der Waals surface area (Å²) in [6, 6.07) is 8.37. The van der Waals surface area contributed by atoms with E-state index in [1.165, 1.54) is 5.56 Å². The van der Waals surface area contributed by atoms with Gasteiger partial charge in [0.1, 0.15) is 11.9 Å². The minimum atomic E-state index is 0.181. The molecule has 1 fully saturated rings. The molecule has 0 bridgehead atoms. The van der Waals surface area contributed by atoms with Gasteiger partial charge in [-0.2, -0.15) is 0 Å². The lowest BCUT2D eigenvalue weighted by atomic mass is 9.97. The van der Waals surface area contributed by atoms with Gasteiger partial charge in [-0.25, -0.2) is 0 Å². The highest BCUT2D eigenvalue weighted by Gasteiger charge is 2.22. The Labute approximate surface area is 171 Å². The average molecular weight is 398 g/mol. The van der Waals surface area contributed by atoms with E-state index < -0.39 is 0 Å². The Kier molecular flexibility index (Phi) is 5.87. The zero-order chi connectivity index (χ0) is 19.5. The van der Waals surface area contributed by atoms with Crippen LogP contribution in [0.4, 0.5) is 5.69 Å². The van der Waals surface area contributed by atoms with Crippen LogP contribution in [0.1, 0.15) is 31.7 Å². The number of amides is 1. The van der Waals surface area contributed by atoms with Crippen molar-refractivity contribution in [1.29, 1.82) is 0 Å². The van der Waals surface area contributed by atoms with Crippen molar-refractivity contribution in [2.45, 2.75) is 38.7 Å². The second-order valence-electron chi connectivity index (χ2n) is 7.37. The molecule has 1 aromatic heterocycles. The third kappa shape index (κ3) is 4.18. The molecule has 3 heterocycles. The maximum absolute atomic E-state index is 11.9. The van der Waals surface area contributed by atoms with Crippen molar-refractivity contribution in [2.75, 3.05) is 30.8 Å². The van der Waals surface area contributed by atoms with Gasteiger partial charge in [-0.15, -0.1) is 0 Å². The van der Waals surface area contributed by atoms with Gasteiger partial charge in [0, 0.05) is 49.8 Å². The maximum atomic E-state index is 11.9. The SMILES string of the molecule is CCSN1CCC(Oc2cncc(-c3ccc4c(c3)CCC(=O)N4C)c2)CC1. The number of piperidine rings is 1. The van der Waals surface area contributed by atoms with E-state index in [-0.39, 0.29) is 12.0 Å². The predicted octanol–water partition coefficient (Wildman–Crippen LogP) is 4.17. The minimum absolute atomic E-state index is 0.181. The number of fused-ring (bicyclic) bond motifs is 1. The summed E-state index contributed by atoms with van der Waals surface area (Å²) in [7, 11) is 1.85. The smallest absolute Gasteiger partial charge is 0.227 e. The molecule has 2 aliphatic rings. The number of nitrogens with zero attached hydrogens (tertiary/aromatic N) is 3. The van der Waals surface area contributed by atoms with Crippen LogP contribution < -0.4 is 9.64 Å². The van der Waals surface area contributed by atoms with Crippen molar-refractivity contribution in [1.82, 2.24) is 9.29 Å². The lowest BCUT2D eigenvalue weighted by molar-refractivity contribution is -0.118. The van der Waals surface area contributed by atoms with Crippen LogP contribution >= 0.6 is 11.9 Å². The van der Waals surface area contributed by atoms with E-state index >= 15 is 0 Å². The first-order valence-electron chi connectivity index (χ1n) is 10.0. The molecule has 1 saturated heterocycles. The molecule has 0 aliphatic carbocycles. The topological polar surface area (TPSA) is 45.7 Å². The lowest BCUT2D eigenvalue weighted by Crippen LogP contribution is -2.34. The van der Waals surface area contributed by atoms with Crippen molar-refractivity contribution < 1.29 is 9.53 Å². The third-order valence-corrected chi connectivity index (χ3v) is 6.47. The number of aryl methyl sites for hydroxylation is 1. The summed E-state index contributed by atoms with van der Waals surface area (Å²) < 4.78 is 8.67. The van der Waals surface area contributed by atoms with Gasteiger partial charge in [-0.3, -0.25) is 14.1 Å². The highest BCUT2D eigenvalue weighted by molar-refractivity contribution is 7.96. The first kappa shape index (κ1) is 19.3. The molecule has 0 radical (unpaired) electrons. The number of anilines is 1. The number of carbonyl (C=O) groups excluding carboxylic acids is 1. The Bertz CT molecular complexity index is 849. The van der Waals surface area contributed by atoms with Gasteiger partial charge in [0.25, 0.3) is 0 Å². The number of ether oxygens (including phenoxy) is 1. The summed E-state index contributed by atoms with van der Waals surface area (Å²) in [4.78, 5) is 18.1. The summed E-state index contributed by atoms with van der Waals surface area (Å²) >= 11 is 1.91. The van der Waals surface area contributed by atoms with Crippen molar-refractivity contribution in [3.05, 3.63) is 42.2 Å². The van der Waals surface area contributed by atoms with Gasteiger partial charge in [0.05, 0.1) is 6.20 Å². The highest BCUT2D eigenvalue weighted by Crippen LogP contribution is 2.32. The Morgan fingerprint density at radius 1 is 1.14 bits per heavy atom. The van der Waals surface area contributed by atoms with E-state index in [2.05, 4.69) is 34.4 Å². The standard InChI is InChI=1S/C22H27N3O2S/c1-3-28-25-10-8-19(9-11-25)27-20-13-18(14-23-15-20)16-4-6-21-17(12-16)5-7-22(26)24(21)2/h4,6,12-15,19H,3,5,7-11H2,1-2H3. The van der Waals surface area contributed by atoms with Gasteiger partial charge < -0.3 is 9.64 Å². The molecule has 0 atom stereocenters. The molecule has 1 aromatic carbocycles. The Balaban J connectivity index is 1.47. The first-order valence-corrected chi connectivity index (χ1v) is 11.0. The minimum Gasteiger partial charge on any atom is -0.489 e. The number of rotatable bonds is 5. The predicted molar refractivity (Wildman–Crippen MR) is 115 cm³/mol. The van der Waals surface area contributed by atoms with E-state index in [9.17, 15) is 4.79 Å². The molecule has 0 unspecified atom stereocenters. The van der Waals surface area contributed by atoms with Crippen LogP contribution in [0.15, 0.2) is 36.7 Å². The summed E-state index contributed by atoms with van der Waals surface area (Å²) in [6.07, 6.45) is 7.42. The second kappa shape index (κ2) is 8.53. The van der Waals surface area contributed by atoms with E-state index in [0.29, 0.717) is 6.42 Å². The molecule has 28 heavy (non-hydrogen) atoms. The van der Waals surface area contributed by atoms with Crippen LogP contribution in [-0.4, -0.2) is 47.2 Å². The number of benzene rings is 1. The molecule has 0 N–H and O–H groups in total. The number of hydrogen-bond acceptors (Lipinski definition) is 5. The van der Waals surface area contributed by atoms with E-state index in [4.69, 9.17) is 4.74 Å². The van der Waals surface area contributed by atoms with Crippen molar-refractivity contribution in [3.63, 3.8) is 0 Å². The molecule has 6 heteroatoms. The van der Waals surface area contributed by atoms with E-state index in [1.54, 1.807) is 4.90 Å². The third-order valence-electron chi connectivity index (χ3n) is 5.49. The van der Waals surface area contributed by atoms with Gasteiger partial charge in [0.2, 0.25) is 5.91 Å². The fourth-order valence-corrected chi connectivity index (χ4v) is 4.77.